The zero-order chi connectivity index (χ0) is 39.5. The topological polar surface area (TPSA) is 16.4 Å². The van der Waals surface area contributed by atoms with Crippen molar-refractivity contribution in [3.8, 4) is 55.6 Å². The minimum Gasteiger partial charge on any atom is -0.455 e. The van der Waals surface area contributed by atoms with Gasteiger partial charge in [-0.05, 0) is 116 Å². The number of nitrogens with zero attached hydrogens (tertiary/aromatic N) is 1. The Morgan fingerprint density at radius 2 is 0.814 bits per heavy atom. The van der Waals surface area contributed by atoms with Crippen LogP contribution in [-0.4, -0.2) is 0 Å². The monoisotopic (exact) mass is 755 g/mol. The van der Waals surface area contributed by atoms with E-state index in [-0.39, 0.29) is 5.41 Å². The average molecular weight is 756 g/mol. The summed E-state index contributed by atoms with van der Waals surface area (Å²) in [5.74, 6) is 0. The Hall–Kier alpha value is -7.42. The maximum absolute atomic E-state index is 6.79. The fourth-order valence-corrected chi connectivity index (χ4v) is 9.19. The zero-order valence-electron chi connectivity index (χ0n) is 33.1. The van der Waals surface area contributed by atoms with Crippen molar-refractivity contribution >= 4 is 39.0 Å². The Morgan fingerprint density at radius 1 is 0.339 bits per heavy atom. The van der Waals surface area contributed by atoms with E-state index in [1.165, 1.54) is 50.1 Å². The van der Waals surface area contributed by atoms with Crippen molar-refractivity contribution in [3.05, 3.63) is 223 Å². The molecule has 0 saturated heterocycles. The summed E-state index contributed by atoms with van der Waals surface area (Å²) in [6, 6.07) is 76.6. The highest BCUT2D eigenvalue weighted by Gasteiger charge is 2.35. The van der Waals surface area contributed by atoms with Crippen LogP contribution in [0.15, 0.2) is 217 Å². The number of hydrogen-bond donors (Lipinski definition) is 0. The lowest BCUT2D eigenvalue weighted by Gasteiger charge is -2.26. The SMILES string of the molecule is CC1(C)c2ccccc2-c2ccc(-c3ccc4c(c3)oc3c(-c5ccc(N(c6ccc(-c7ccccc7)cc6)c6ccc(-c7ccccc7)cc6)cc5)cccc34)cc21. The molecule has 0 spiro atoms. The molecule has 0 aliphatic heterocycles. The Morgan fingerprint density at radius 3 is 1.44 bits per heavy atom. The van der Waals surface area contributed by atoms with Crippen LogP contribution in [0.4, 0.5) is 17.1 Å². The summed E-state index contributed by atoms with van der Waals surface area (Å²) in [5, 5.41) is 2.25. The van der Waals surface area contributed by atoms with E-state index in [0.717, 1.165) is 55.7 Å². The van der Waals surface area contributed by atoms with Gasteiger partial charge in [0, 0.05) is 38.8 Å². The van der Waals surface area contributed by atoms with E-state index in [4.69, 9.17) is 4.42 Å². The third kappa shape index (κ3) is 5.96. The molecule has 9 aromatic carbocycles. The summed E-state index contributed by atoms with van der Waals surface area (Å²) in [4.78, 5) is 2.33. The molecule has 0 atom stereocenters. The van der Waals surface area contributed by atoms with Gasteiger partial charge >= 0.3 is 0 Å². The predicted octanol–water partition coefficient (Wildman–Crippen LogP) is 16.0. The van der Waals surface area contributed by atoms with Gasteiger partial charge < -0.3 is 9.32 Å². The first-order valence-electron chi connectivity index (χ1n) is 20.4. The number of rotatable bonds is 7. The van der Waals surface area contributed by atoms with E-state index < -0.39 is 0 Å². The fourth-order valence-electron chi connectivity index (χ4n) is 9.19. The van der Waals surface area contributed by atoms with Gasteiger partial charge in [0.1, 0.15) is 11.2 Å². The van der Waals surface area contributed by atoms with Gasteiger partial charge in [0.25, 0.3) is 0 Å². The van der Waals surface area contributed by atoms with Gasteiger partial charge in [0.15, 0.2) is 0 Å². The quantitative estimate of drug-likeness (QED) is 0.161. The van der Waals surface area contributed by atoms with Crippen LogP contribution in [0.1, 0.15) is 25.0 Å². The van der Waals surface area contributed by atoms with Crippen molar-refractivity contribution in [3.63, 3.8) is 0 Å². The molecule has 2 heteroatoms. The Kier molecular flexibility index (Phi) is 8.20. The second-order valence-corrected chi connectivity index (χ2v) is 16.1. The summed E-state index contributed by atoms with van der Waals surface area (Å²) in [7, 11) is 0. The first-order chi connectivity index (χ1) is 29.0. The normalized spacial score (nSPS) is 12.7. The number of para-hydroxylation sites is 1. The molecule has 11 rings (SSSR count). The lowest BCUT2D eigenvalue weighted by Crippen LogP contribution is -2.14. The van der Waals surface area contributed by atoms with Gasteiger partial charge in [-0.2, -0.15) is 0 Å². The standard InChI is InChI=1S/C57H41NO/c1-57(2)53-19-10-9-16-49(53)50-34-26-43(36-54(50)57)44-27-35-51-52-18-11-17-48(56(52)59-55(51)37-44)42-24-32-47(33-25-42)58(45-28-20-40(21-29-45)38-12-5-3-6-13-38)46-30-22-41(23-31-46)39-14-7-4-8-15-39/h3-37H,1-2H3. The fraction of sp³-hybridized carbons (Fsp3) is 0.0526. The predicted molar refractivity (Wildman–Crippen MR) is 248 cm³/mol. The third-order valence-corrected chi connectivity index (χ3v) is 12.3. The highest BCUT2D eigenvalue weighted by Crippen LogP contribution is 2.50. The van der Waals surface area contributed by atoms with E-state index in [2.05, 4.69) is 231 Å². The van der Waals surface area contributed by atoms with E-state index in [0.29, 0.717) is 0 Å². The summed E-state index contributed by atoms with van der Waals surface area (Å²) in [5.41, 5.74) is 19.8. The van der Waals surface area contributed by atoms with Gasteiger partial charge in [-0.3, -0.25) is 0 Å². The molecular formula is C57H41NO. The van der Waals surface area contributed by atoms with Crippen LogP contribution >= 0.6 is 0 Å². The summed E-state index contributed by atoms with van der Waals surface area (Å²) in [6.45, 7) is 4.67. The van der Waals surface area contributed by atoms with Crippen molar-refractivity contribution in [2.75, 3.05) is 4.90 Å². The first-order valence-corrected chi connectivity index (χ1v) is 20.4. The number of hydrogen-bond acceptors (Lipinski definition) is 2. The molecule has 59 heavy (non-hydrogen) atoms. The molecule has 10 aromatic rings. The number of benzene rings is 9. The van der Waals surface area contributed by atoms with Gasteiger partial charge in [0.05, 0.1) is 0 Å². The first kappa shape index (κ1) is 34.8. The lowest BCUT2D eigenvalue weighted by molar-refractivity contribution is 0.660. The van der Waals surface area contributed by atoms with Crippen LogP contribution in [0, 0.1) is 0 Å². The summed E-state index contributed by atoms with van der Waals surface area (Å²) >= 11 is 0. The summed E-state index contributed by atoms with van der Waals surface area (Å²) in [6.07, 6.45) is 0. The van der Waals surface area contributed by atoms with E-state index in [9.17, 15) is 0 Å². The van der Waals surface area contributed by atoms with E-state index in [1.807, 2.05) is 0 Å². The van der Waals surface area contributed by atoms with Crippen LogP contribution in [0.3, 0.4) is 0 Å². The molecule has 2 nitrogen and oxygen atoms in total. The molecule has 0 fully saturated rings. The van der Waals surface area contributed by atoms with Gasteiger partial charge in [-0.15, -0.1) is 0 Å². The number of anilines is 3. The van der Waals surface area contributed by atoms with Gasteiger partial charge in [0.2, 0.25) is 0 Å². The molecule has 1 aliphatic rings. The van der Waals surface area contributed by atoms with Crippen LogP contribution < -0.4 is 4.90 Å². The van der Waals surface area contributed by atoms with Crippen LogP contribution in [0.25, 0.3) is 77.6 Å². The minimum atomic E-state index is -0.0487. The van der Waals surface area contributed by atoms with Crippen molar-refractivity contribution in [1.82, 2.24) is 0 Å². The van der Waals surface area contributed by atoms with Crippen LogP contribution in [0.5, 0.6) is 0 Å². The molecule has 0 bridgehead atoms. The van der Waals surface area contributed by atoms with E-state index in [1.54, 1.807) is 0 Å². The maximum Gasteiger partial charge on any atom is 0.143 e. The molecule has 280 valence electrons. The maximum atomic E-state index is 6.79. The van der Waals surface area contributed by atoms with Crippen LogP contribution in [-0.2, 0) is 5.41 Å². The second kappa shape index (κ2) is 13.9. The smallest absolute Gasteiger partial charge is 0.143 e. The Labute approximate surface area is 345 Å². The minimum absolute atomic E-state index is 0.0487. The van der Waals surface area contributed by atoms with Crippen molar-refractivity contribution in [2.24, 2.45) is 0 Å². The molecule has 1 aliphatic carbocycles. The largest absolute Gasteiger partial charge is 0.455 e. The molecule has 0 amide bonds. The van der Waals surface area contributed by atoms with Crippen molar-refractivity contribution in [1.29, 1.82) is 0 Å². The third-order valence-electron chi connectivity index (χ3n) is 12.3. The van der Waals surface area contributed by atoms with E-state index >= 15 is 0 Å². The highest BCUT2D eigenvalue weighted by molar-refractivity contribution is 6.10. The molecular weight excluding hydrogens is 715 g/mol. The summed E-state index contributed by atoms with van der Waals surface area (Å²) < 4.78 is 6.79. The average Bonchev–Trinajstić information content (AvgIpc) is 3.79. The highest BCUT2D eigenvalue weighted by atomic mass is 16.3. The zero-order valence-corrected chi connectivity index (χ0v) is 33.1. The number of furan rings is 1. The Bertz CT molecular complexity index is 3060. The molecule has 0 radical (unpaired) electrons. The molecule has 1 aromatic heterocycles. The van der Waals surface area contributed by atoms with Gasteiger partial charge in [-0.1, -0.05) is 172 Å². The van der Waals surface area contributed by atoms with Crippen LogP contribution in [0.2, 0.25) is 0 Å². The molecule has 0 saturated carbocycles. The molecule has 0 N–H and O–H groups in total. The Balaban J connectivity index is 0.944. The number of fused-ring (bicyclic) bond motifs is 6. The van der Waals surface area contributed by atoms with Crippen molar-refractivity contribution < 1.29 is 4.42 Å². The lowest BCUT2D eigenvalue weighted by atomic mass is 9.81. The second-order valence-electron chi connectivity index (χ2n) is 16.1. The molecule has 1 heterocycles. The van der Waals surface area contributed by atoms with Crippen molar-refractivity contribution in [2.45, 2.75) is 19.3 Å². The van der Waals surface area contributed by atoms with Gasteiger partial charge in [-0.25, -0.2) is 0 Å². The molecule has 0 unspecified atom stereocenters.